The molecule has 4 rings (SSSR count). The van der Waals surface area contributed by atoms with Crippen LogP contribution in [0.2, 0.25) is 0 Å². The summed E-state index contributed by atoms with van der Waals surface area (Å²) in [6, 6.07) is 10.7. The van der Waals surface area contributed by atoms with Crippen molar-refractivity contribution in [1.82, 2.24) is 20.9 Å². The highest BCUT2D eigenvalue weighted by Gasteiger charge is 2.28. The minimum atomic E-state index is -0.962. The zero-order valence-corrected chi connectivity index (χ0v) is 20.2. The van der Waals surface area contributed by atoms with Crippen molar-refractivity contribution < 1.29 is 28.6 Å². The Labute approximate surface area is 213 Å². The molecule has 0 radical (unpaired) electrons. The van der Waals surface area contributed by atoms with Gasteiger partial charge < -0.3 is 25.8 Å². The maximum absolute atomic E-state index is 14.6. The fourth-order valence-electron chi connectivity index (χ4n) is 4.22. The second-order valence-corrected chi connectivity index (χ2v) is 8.62. The number of hydrogen-bond acceptors (Lipinski definition) is 7. The van der Waals surface area contributed by atoms with Crippen LogP contribution in [0.15, 0.2) is 60.9 Å². The Morgan fingerprint density at radius 1 is 0.946 bits per heavy atom. The van der Waals surface area contributed by atoms with E-state index < -0.39 is 22.9 Å². The van der Waals surface area contributed by atoms with E-state index in [0.29, 0.717) is 24.1 Å². The molecule has 0 bridgehead atoms. The number of aromatic nitrogens is 1. The largest absolute Gasteiger partial charge is 0.507 e. The Bertz CT molecular complexity index is 1280. The Balaban J connectivity index is 1.47. The summed E-state index contributed by atoms with van der Waals surface area (Å²) in [4.78, 5) is 42.5. The monoisotopic (exact) mass is 506 g/mol. The lowest BCUT2D eigenvalue weighted by molar-refractivity contribution is 0.0882. The van der Waals surface area contributed by atoms with Gasteiger partial charge in [0.1, 0.15) is 11.3 Å². The van der Waals surface area contributed by atoms with Gasteiger partial charge in [-0.15, -0.1) is 0 Å². The number of nitrogens with zero attached hydrogens (tertiary/aromatic N) is 1. The first kappa shape index (κ1) is 25.8. The first-order chi connectivity index (χ1) is 17.9. The van der Waals surface area contributed by atoms with Gasteiger partial charge in [0.15, 0.2) is 17.3 Å². The molecule has 1 aliphatic heterocycles. The highest BCUT2D eigenvalue weighted by molar-refractivity contribution is 6.11. The van der Waals surface area contributed by atoms with Crippen LogP contribution < -0.4 is 20.7 Å². The van der Waals surface area contributed by atoms with E-state index >= 15 is 0 Å². The molecule has 2 aromatic carbocycles. The number of carbonyl (C=O) groups is 3. The number of aromatic hydroxyl groups is 1. The average Bonchev–Trinajstić information content (AvgIpc) is 3.14. The van der Waals surface area contributed by atoms with E-state index in [4.69, 9.17) is 4.74 Å². The molecule has 1 aliphatic rings. The quantitative estimate of drug-likeness (QED) is 0.362. The molecule has 2 amide bonds. The summed E-state index contributed by atoms with van der Waals surface area (Å²) in [6.45, 7) is 1.25. The Morgan fingerprint density at radius 2 is 1.57 bits per heavy atom. The topological polar surface area (TPSA) is 130 Å². The van der Waals surface area contributed by atoms with Crippen molar-refractivity contribution in [2.45, 2.75) is 24.9 Å². The molecule has 4 N–H and O–H groups in total. The predicted molar refractivity (Wildman–Crippen MR) is 133 cm³/mol. The number of phenols is 1. The van der Waals surface area contributed by atoms with Crippen LogP contribution in [0.1, 0.15) is 49.5 Å². The maximum Gasteiger partial charge on any atom is 0.251 e. The highest BCUT2D eigenvalue weighted by Crippen LogP contribution is 2.30. The molecule has 9 nitrogen and oxygen atoms in total. The first-order valence-corrected chi connectivity index (χ1v) is 11.8. The van der Waals surface area contributed by atoms with Crippen LogP contribution in [0.4, 0.5) is 4.39 Å². The maximum atomic E-state index is 14.6. The summed E-state index contributed by atoms with van der Waals surface area (Å²) in [7, 11) is 1.26. The number of methoxy groups -OCH3 is 1. The SMILES string of the molecule is COc1ccc(O)c(C(=O)c2ccc(C(=O)N[C@@H]3CCCNCC3NC(=O)c3ccncc3)cc2)c1F. The van der Waals surface area contributed by atoms with Crippen molar-refractivity contribution in [3.63, 3.8) is 0 Å². The Kier molecular flexibility index (Phi) is 8.09. The molecule has 3 aromatic rings. The second-order valence-electron chi connectivity index (χ2n) is 8.62. The van der Waals surface area contributed by atoms with Crippen LogP contribution in [0.3, 0.4) is 0 Å². The number of hydrogen-bond donors (Lipinski definition) is 4. The summed E-state index contributed by atoms with van der Waals surface area (Å²) in [6.07, 6.45) is 4.55. The van der Waals surface area contributed by atoms with E-state index in [2.05, 4.69) is 20.9 Å². The van der Waals surface area contributed by atoms with Crippen molar-refractivity contribution in [3.8, 4) is 11.5 Å². The van der Waals surface area contributed by atoms with Gasteiger partial charge >= 0.3 is 0 Å². The number of rotatable bonds is 7. The number of pyridine rings is 1. The van der Waals surface area contributed by atoms with Gasteiger partial charge in [-0.3, -0.25) is 19.4 Å². The molecule has 1 saturated heterocycles. The van der Waals surface area contributed by atoms with Gasteiger partial charge in [0, 0.05) is 35.6 Å². The number of amides is 2. The number of halogens is 1. The van der Waals surface area contributed by atoms with Crippen LogP contribution in [0.25, 0.3) is 0 Å². The zero-order valence-electron chi connectivity index (χ0n) is 20.2. The molecule has 0 spiro atoms. The number of ketones is 1. The molecule has 0 aliphatic carbocycles. The third-order valence-electron chi connectivity index (χ3n) is 6.23. The molecule has 1 aromatic heterocycles. The number of phenolic OH excluding ortho intramolecular Hbond substituents is 1. The smallest absolute Gasteiger partial charge is 0.251 e. The summed E-state index contributed by atoms with van der Waals surface area (Å²) in [5.41, 5.74) is 0.363. The molecule has 2 heterocycles. The van der Waals surface area contributed by atoms with Crippen LogP contribution in [0, 0.1) is 5.82 Å². The van der Waals surface area contributed by atoms with Crippen molar-refractivity contribution in [1.29, 1.82) is 0 Å². The fraction of sp³-hybridized carbons (Fsp3) is 0.259. The number of ether oxygens (including phenoxy) is 1. The highest BCUT2D eigenvalue weighted by atomic mass is 19.1. The molecule has 37 heavy (non-hydrogen) atoms. The molecule has 0 saturated carbocycles. The lowest BCUT2D eigenvalue weighted by Crippen LogP contribution is -2.54. The summed E-state index contributed by atoms with van der Waals surface area (Å²) < 4.78 is 19.5. The third-order valence-corrected chi connectivity index (χ3v) is 6.23. The van der Waals surface area contributed by atoms with E-state index in [1.807, 2.05) is 0 Å². The summed E-state index contributed by atoms with van der Waals surface area (Å²) >= 11 is 0. The van der Waals surface area contributed by atoms with Gasteiger partial charge in [-0.2, -0.15) is 0 Å². The predicted octanol–water partition coefficient (Wildman–Crippen LogP) is 2.45. The van der Waals surface area contributed by atoms with Gasteiger partial charge in [-0.1, -0.05) is 12.1 Å². The number of carbonyl (C=O) groups excluding carboxylic acids is 3. The molecular weight excluding hydrogens is 479 g/mol. The van der Waals surface area contributed by atoms with Crippen LogP contribution in [-0.4, -0.2) is 60.0 Å². The van der Waals surface area contributed by atoms with Gasteiger partial charge in [-0.05, 0) is 55.8 Å². The van der Waals surface area contributed by atoms with Crippen LogP contribution in [0.5, 0.6) is 11.5 Å². The van der Waals surface area contributed by atoms with Crippen molar-refractivity contribution in [2.24, 2.45) is 0 Å². The Morgan fingerprint density at radius 3 is 2.24 bits per heavy atom. The van der Waals surface area contributed by atoms with Gasteiger partial charge in [0.2, 0.25) is 0 Å². The van der Waals surface area contributed by atoms with Crippen molar-refractivity contribution in [3.05, 3.63) is 89.0 Å². The minimum absolute atomic E-state index is 0.0974. The lowest BCUT2D eigenvalue weighted by atomic mass is 9.99. The van der Waals surface area contributed by atoms with Gasteiger partial charge in [0.05, 0.1) is 19.2 Å². The molecule has 1 unspecified atom stereocenters. The molecule has 192 valence electrons. The molecule has 10 heteroatoms. The second kappa shape index (κ2) is 11.6. The third kappa shape index (κ3) is 5.92. The lowest BCUT2D eigenvalue weighted by Gasteiger charge is -2.27. The average molecular weight is 507 g/mol. The number of nitrogens with one attached hydrogen (secondary N) is 3. The Hall–Kier alpha value is -4.31. The van der Waals surface area contributed by atoms with E-state index in [1.54, 1.807) is 12.1 Å². The number of benzene rings is 2. The normalized spacial score (nSPS) is 17.4. The molecule has 1 fully saturated rings. The zero-order chi connectivity index (χ0) is 26.4. The van der Waals surface area contributed by atoms with E-state index in [-0.39, 0.29) is 35.2 Å². The molecular formula is C27H27FN4O5. The summed E-state index contributed by atoms with van der Waals surface area (Å²) in [5, 5.41) is 19.3. The standard InChI is InChI=1S/C27H27FN4O5/c1-37-22-9-8-21(33)23(24(22)28)25(34)16-4-6-17(7-5-16)26(35)31-19-3-2-12-30-15-20(19)32-27(36)18-10-13-29-14-11-18/h4-11,13-14,19-20,30,33H,2-3,12,15H2,1H3,(H,31,35)(H,32,36)/t19-,20?/m1/s1. The first-order valence-electron chi connectivity index (χ1n) is 11.8. The van der Waals surface area contributed by atoms with Gasteiger partial charge in [-0.25, -0.2) is 4.39 Å². The van der Waals surface area contributed by atoms with Crippen molar-refractivity contribution >= 4 is 17.6 Å². The van der Waals surface area contributed by atoms with Crippen LogP contribution >= 0.6 is 0 Å². The fourth-order valence-corrected chi connectivity index (χ4v) is 4.22. The minimum Gasteiger partial charge on any atom is -0.507 e. The van der Waals surface area contributed by atoms with Crippen molar-refractivity contribution in [2.75, 3.05) is 20.2 Å². The van der Waals surface area contributed by atoms with Gasteiger partial charge in [0.25, 0.3) is 11.8 Å². The summed E-state index contributed by atoms with van der Waals surface area (Å²) in [5.74, 6) is -3.01. The van der Waals surface area contributed by atoms with E-state index in [9.17, 15) is 23.9 Å². The molecule has 2 atom stereocenters. The van der Waals surface area contributed by atoms with E-state index in [0.717, 1.165) is 13.0 Å². The van der Waals surface area contributed by atoms with E-state index in [1.165, 1.54) is 55.9 Å². The van der Waals surface area contributed by atoms with Crippen LogP contribution in [-0.2, 0) is 0 Å².